The van der Waals surface area contributed by atoms with Crippen molar-refractivity contribution in [3.63, 3.8) is 0 Å². The Morgan fingerprint density at radius 3 is 2.78 bits per heavy atom. The minimum Gasteiger partial charge on any atom is -0.454 e. The van der Waals surface area contributed by atoms with Crippen molar-refractivity contribution in [3.05, 3.63) is 23.8 Å². The molecule has 1 heterocycles. The van der Waals surface area contributed by atoms with E-state index in [-0.39, 0.29) is 12.7 Å². The molecule has 1 aromatic rings. The zero-order chi connectivity index (χ0) is 16.1. The first-order chi connectivity index (χ1) is 11.2. The molecule has 0 spiro atoms. The van der Waals surface area contributed by atoms with Crippen LogP contribution in [0.3, 0.4) is 0 Å². The zero-order valence-corrected chi connectivity index (χ0v) is 14.1. The maximum atomic E-state index is 12.3. The van der Waals surface area contributed by atoms with Gasteiger partial charge in [-0.3, -0.25) is 4.79 Å². The first-order valence-corrected chi connectivity index (χ1v) is 8.85. The number of fused-ring (bicyclic) bond motifs is 1. The molecule has 2 aliphatic rings. The van der Waals surface area contributed by atoms with Gasteiger partial charge in [-0.05, 0) is 36.5 Å². The Kier molecular flexibility index (Phi) is 5.42. The first-order valence-electron chi connectivity index (χ1n) is 8.85. The maximum Gasteiger partial charge on any atom is 0.231 e. The number of hydrogen-bond donors (Lipinski definition) is 0. The normalized spacial score (nSPS) is 17.3. The number of rotatable bonds is 6. The van der Waals surface area contributed by atoms with Crippen molar-refractivity contribution in [3.8, 4) is 11.5 Å². The molecule has 23 heavy (non-hydrogen) atoms. The molecule has 1 aromatic carbocycles. The molecule has 0 saturated heterocycles. The number of carbonyl (C=O) groups excluding carboxylic acids is 1. The second-order valence-electron chi connectivity index (χ2n) is 6.83. The summed E-state index contributed by atoms with van der Waals surface area (Å²) in [6, 6.07) is 5.88. The van der Waals surface area contributed by atoms with Gasteiger partial charge in [0.15, 0.2) is 11.5 Å². The van der Waals surface area contributed by atoms with Gasteiger partial charge in [0, 0.05) is 20.0 Å². The van der Waals surface area contributed by atoms with Crippen LogP contribution < -0.4 is 9.47 Å². The van der Waals surface area contributed by atoms with Crippen LogP contribution in [-0.4, -0.2) is 24.6 Å². The van der Waals surface area contributed by atoms with Crippen molar-refractivity contribution in [1.82, 2.24) is 4.90 Å². The van der Waals surface area contributed by atoms with Crippen LogP contribution in [0.1, 0.15) is 56.9 Å². The van der Waals surface area contributed by atoms with Gasteiger partial charge in [-0.1, -0.05) is 38.2 Å². The number of benzene rings is 1. The Bertz CT molecular complexity index is 537. The molecular weight excluding hydrogens is 290 g/mol. The van der Waals surface area contributed by atoms with E-state index in [1.807, 2.05) is 30.1 Å². The van der Waals surface area contributed by atoms with E-state index in [9.17, 15) is 4.79 Å². The van der Waals surface area contributed by atoms with Gasteiger partial charge in [0.25, 0.3) is 0 Å². The SMILES string of the molecule is CN(Cc1ccc2c(c1)OCO2)C(=O)CCCC1CCCCC1. The molecule has 1 aliphatic carbocycles. The molecule has 126 valence electrons. The number of amides is 1. The molecule has 4 heteroatoms. The van der Waals surface area contributed by atoms with Crippen LogP contribution in [0.15, 0.2) is 18.2 Å². The van der Waals surface area contributed by atoms with Crippen molar-refractivity contribution in [1.29, 1.82) is 0 Å². The third kappa shape index (κ3) is 4.40. The molecule has 1 fully saturated rings. The Morgan fingerprint density at radius 1 is 1.17 bits per heavy atom. The van der Waals surface area contributed by atoms with Gasteiger partial charge in [-0.25, -0.2) is 0 Å². The number of hydrogen-bond acceptors (Lipinski definition) is 3. The van der Waals surface area contributed by atoms with Crippen LogP contribution in [-0.2, 0) is 11.3 Å². The lowest BCUT2D eigenvalue weighted by molar-refractivity contribution is -0.130. The molecule has 1 aliphatic heterocycles. The third-order valence-corrected chi connectivity index (χ3v) is 5.01. The third-order valence-electron chi connectivity index (χ3n) is 5.01. The van der Waals surface area contributed by atoms with E-state index in [0.717, 1.165) is 29.4 Å². The summed E-state index contributed by atoms with van der Waals surface area (Å²) in [4.78, 5) is 14.1. The highest BCUT2D eigenvalue weighted by Crippen LogP contribution is 2.33. The van der Waals surface area contributed by atoms with Crippen LogP contribution in [0, 0.1) is 5.92 Å². The summed E-state index contributed by atoms with van der Waals surface area (Å²) in [6.07, 6.45) is 9.78. The topological polar surface area (TPSA) is 38.8 Å². The van der Waals surface area contributed by atoms with Gasteiger partial charge in [-0.15, -0.1) is 0 Å². The molecule has 4 nitrogen and oxygen atoms in total. The lowest BCUT2D eigenvalue weighted by atomic mass is 9.86. The van der Waals surface area contributed by atoms with E-state index < -0.39 is 0 Å². The highest BCUT2D eigenvalue weighted by Gasteiger charge is 2.17. The molecule has 1 amide bonds. The summed E-state index contributed by atoms with van der Waals surface area (Å²) < 4.78 is 10.7. The Morgan fingerprint density at radius 2 is 1.96 bits per heavy atom. The number of carbonyl (C=O) groups is 1. The minimum absolute atomic E-state index is 0.235. The summed E-state index contributed by atoms with van der Waals surface area (Å²) in [6.45, 7) is 0.910. The van der Waals surface area contributed by atoms with Crippen LogP contribution in [0.25, 0.3) is 0 Å². The molecule has 0 atom stereocenters. The monoisotopic (exact) mass is 317 g/mol. The van der Waals surface area contributed by atoms with E-state index >= 15 is 0 Å². The fraction of sp³-hybridized carbons (Fsp3) is 0.632. The lowest BCUT2D eigenvalue weighted by Gasteiger charge is -2.22. The second-order valence-corrected chi connectivity index (χ2v) is 6.83. The van der Waals surface area contributed by atoms with Gasteiger partial charge < -0.3 is 14.4 Å². The average molecular weight is 317 g/mol. The van der Waals surface area contributed by atoms with Gasteiger partial charge in [0.1, 0.15) is 0 Å². The predicted octanol–water partition coefficient (Wildman–Crippen LogP) is 4.12. The number of nitrogens with zero attached hydrogens (tertiary/aromatic N) is 1. The quantitative estimate of drug-likeness (QED) is 0.792. The highest BCUT2D eigenvalue weighted by atomic mass is 16.7. The molecule has 0 unspecified atom stereocenters. The summed E-state index contributed by atoms with van der Waals surface area (Å²) in [5, 5.41) is 0. The minimum atomic E-state index is 0.235. The summed E-state index contributed by atoms with van der Waals surface area (Å²) in [5.41, 5.74) is 1.08. The van der Waals surface area contributed by atoms with Crippen LogP contribution in [0.2, 0.25) is 0 Å². The summed E-state index contributed by atoms with van der Waals surface area (Å²) in [5.74, 6) is 2.66. The molecule has 0 N–H and O–H groups in total. The molecule has 3 rings (SSSR count). The fourth-order valence-electron chi connectivity index (χ4n) is 3.61. The van der Waals surface area contributed by atoms with Gasteiger partial charge in [-0.2, -0.15) is 0 Å². The Labute approximate surface area is 138 Å². The second kappa shape index (κ2) is 7.71. The van der Waals surface area contributed by atoms with Crippen molar-refractivity contribution >= 4 is 5.91 Å². The molecular formula is C19H27NO3. The zero-order valence-electron chi connectivity index (χ0n) is 14.1. The Hall–Kier alpha value is -1.71. The van der Waals surface area contributed by atoms with Crippen LogP contribution in [0.4, 0.5) is 0 Å². The standard InChI is InChI=1S/C19H27NO3/c1-20(13-16-10-11-17-18(12-16)23-14-22-17)19(21)9-5-8-15-6-3-2-4-7-15/h10-12,15H,2-9,13-14H2,1H3. The Balaban J connectivity index is 1.42. The van der Waals surface area contributed by atoms with Crippen LogP contribution >= 0.6 is 0 Å². The van der Waals surface area contributed by atoms with Gasteiger partial charge >= 0.3 is 0 Å². The van der Waals surface area contributed by atoms with E-state index in [0.29, 0.717) is 13.0 Å². The highest BCUT2D eigenvalue weighted by molar-refractivity contribution is 5.75. The smallest absolute Gasteiger partial charge is 0.231 e. The summed E-state index contributed by atoms with van der Waals surface area (Å²) in [7, 11) is 1.88. The van der Waals surface area contributed by atoms with Gasteiger partial charge in [0.2, 0.25) is 12.7 Å². The van der Waals surface area contributed by atoms with Crippen molar-refractivity contribution in [2.24, 2.45) is 5.92 Å². The maximum absolute atomic E-state index is 12.3. The molecule has 0 radical (unpaired) electrons. The van der Waals surface area contributed by atoms with E-state index in [2.05, 4.69) is 0 Å². The van der Waals surface area contributed by atoms with E-state index in [1.54, 1.807) is 0 Å². The lowest BCUT2D eigenvalue weighted by Crippen LogP contribution is -2.26. The fourth-order valence-corrected chi connectivity index (χ4v) is 3.61. The predicted molar refractivity (Wildman–Crippen MR) is 89.5 cm³/mol. The summed E-state index contributed by atoms with van der Waals surface area (Å²) >= 11 is 0. The van der Waals surface area contributed by atoms with E-state index in [1.165, 1.54) is 38.5 Å². The van der Waals surface area contributed by atoms with Crippen LogP contribution in [0.5, 0.6) is 11.5 Å². The average Bonchev–Trinajstić information content (AvgIpc) is 3.03. The number of ether oxygens (including phenoxy) is 2. The van der Waals surface area contributed by atoms with Gasteiger partial charge in [0.05, 0.1) is 0 Å². The first kappa shape index (κ1) is 16.2. The van der Waals surface area contributed by atoms with Crippen molar-refractivity contribution in [2.75, 3.05) is 13.8 Å². The van der Waals surface area contributed by atoms with E-state index in [4.69, 9.17) is 9.47 Å². The largest absolute Gasteiger partial charge is 0.454 e. The molecule has 0 bridgehead atoms. The molecule has 1 saturated carbocycles. The molecule has 0 aromatic heterocycles. The van der Waals surface area contributed by atoms with Crippen molar-refractivity contribution < 1.29 is 14.3 Å². The van der Waals surface area contributed by atoms with Crippen molar-refractivity contribution in [2.45, 2.75) is 57.9 Å².